The van der Waals surface area contributed by atoms with Crippen molar-refractivity contribution in [3.8, 4) is 0 Å². The molecule has 8 nitrogen and oxygen atoms in total. The van der Waals surface area contributed by atoms with Gasteiger partial charge in [-0.3, -0.25) is 9.80 Å². The summed E-state index contributed by atoms with van der Waals surface area (Å²) in [5.41, 5.74) is 2.61. The molecule has 160 valence electrons. The van der Waals surface area contributed by atoms with Crippen LogP contribution in [0.5, 0.6) is 0 Å². The number of carbonyl (C=O) groups excluding carboxylic acids is 3. The van der Waals surface area contributed by atoms with E-state index in [1.807, 2.05) is 54.6 Å². The predicted octanol–water partition coefficient (Wildman–Crippen LogP) is 2.27. The SMILES string of the molecule is COC(=O)C1=NN2c3ccccc3CN([C@@H](C)C(=O)OCc3ccccc3)C(=O)[C@H]2C1. The zero-order valence-corrected chi connectivity index (χ0v) is 17.4. The lowest BCUT2D eigenvalue weighted by atomic mass is 10.1. The van der Waals surface area contributed by atoms with Gasteiger partial charge in [-0.25, -0.2) is 9.59 Å². The van der Waals surface area contributed by atoms with Crippen LogP contribution in [0.4, 0.5) is 5.69 Å². The van der Waals surface area contributed by atoms with Crippen molar-refractivity contribution in [2.24, 2.45) is 5.10 Å². The first-order valence-electron chi connectivity index (χ1n) is 10.0. The molecular weight excluding hydrogens is 398 g/mol. The molecule has 2 aromatic carbocycles. The smallest absolute Gasteiger partial charge is 0.354 e. The topological polar surface area (TPSA) is 88.5 Å². The Bertz CT molecular complexity index is 1040. The number of amides is 1. The van der Waals surface area contributed by atoms with Crippen molar-refractivity contribution < 1.29 is 23.9 Å². The first kappa shape index (κ1) is 20.6. The van der Waals surface area contributed by atoms with Crippen molar-refractivity contribution in [2.75, 3.05) is 12.1 Å². The van der Waals surface area contributed by atoms with Crippen LogP contribution in [0, 0.1) is 0 Å². The third kappa shape index (κ3) is 4.01. The molecule has 0 saturated carbocycles. The van der Waals surface area contributed by atoms with Crippen LogP contribution in [0.15, 0.2) is 59.7 Å². The maximum Gasteiger partial charge on any atom is 0.354 e. The molecule has 4 rings (SSSR count). The number of para-hydroxylation sites is 1. The van der Waals surface area contributed by atoms with Crippen LogP contribution in [-0.2, 0) is 37.0 Å². The van der Waals surface area contributed by atoms with Gasteiger partial charge < -0.3 is 14.4 Å². The number of benzene rings is 2. The molecule has 0 aliphatic carbocycles. The Balaban J connectivity index is 1.58. The van der Waals surface area contributed by atoms with Gasteiger partial charge in [0.05, 0.1) is 12.8 Å². The maximum atomic E-state index is 13.4. The molecule has 0 bridgehead atoms. The highest BCUT2D eigenvalue weighted by atomic mass is 16.5. The van der Waals surface area contributed by atoms with E-state index in [1.54, 1.807) is 11.9 Å². The van der Waals surface area contributed by atoms with Gasteiger partial charge in [-0.05, 0) is 24.1 Å². The quantitative estimate of drug-likeness (QED) is 0.688. The monoisotopic (exact) mass is 421 g/mol. The maximum absolute atomic E-state index is 13.4. The average Bonchev–Trinajstić information content (AvgIpc) is 3.21. The summed E-state index contributed by atoms with van der Waals surface area (Å²) in [6.07, 6.45) is 0.113. The largest absolute Gasteiger partial charge is 0.464 e. The number of hydrogen-bond acceptors (Lipinski definition) is 7. The summed E-state index contributed by atoms with van der Waals surface area (Å²) in [6, 6.07) is 15.3. The molecule has 0 N–H and O–H groups in total. The number of nitrogens with zero attached hydrogens (tertiary/aromatic N) is 3. The fourth-order valence-corrected chi connectivity index (χ4v) is 3.79. The van der Waals surface area contributed by atoms with Crippen molar-refractivity contribution >= 4 is 29.2 Å². The van der Waals surface area contributed by atoms with Crippen molar-refractivity contribution in [3.63, 3.8) is 0 Å². The van der Waals surface area contributed by atoms with Gasteiger partial charge in [0.25, 0.3) is 0 Å². The van der Waals surface area contributed by atoms with Gasteiger partial charge in [-0.1, -0.05) is 48.5 Å². The van der Waals surface area contributed by atoms with Gasteiger partial charge in [0.2, 0.25) is 5.91 Å². The third-order valence-corrected chi connectivity index (χ3v) is 5.51. The number of carbonyl (C=O) groups is 3. The second-order valence-corrected chi connectivity index (χ2v) is 7.47. The summed E-state index contributed by atoms with van der Waals surface area (Å²) < 4.78 is 10.2. The van der Waals surface area contributed by atoms with E-state index in [2.05, 4.69) is 5.10 Å². The second-order valence-electron chi connectivity index (χ2n) is 7.47. The number of rotatable bonds is 5. The van der Waals surface area contributed by atoms with Gasteiger partial charge in [0.1, 0.15) is 24.4 Å². The van der Waals surface area contributed by atoms with Crippen LogP contribution in [0.2, 0.25) is 0 Å². The minimum atomic E-state index is -0.800. The highest BCUT2D eigenvalue weighted by molar-refractivity contribution is 6.38. The van der Waals surface area contributed by atoms with Gasteiger partial charge >= 0.3 is 11.9 Å². The first-order valence-corrected chi connectivity index (χ1v) is 10.0. The van der Waals surface area contributed by atoms with E-state index >= 15 is 0 Å². The normalized spacial score (nSPS) is 18.5. The minimum absolute atomic E-state index is 0.113. The lowest BCUT2D eigenvalue weighted by molar-refractivity contribution is -0.156. The Labute approximate surface area is 180 Å². The Kier molecular flexibility index (Phi) is 5.70. The van der Waals surface area contributed by atoms with Crippen molar-refractivity contribution in [2.45, 2.75) is 38.6 Å². The number of hydrogen-bond donors (Lipinski definition) is 0. The summed E-state index contributed by atoms with van der Waals surface area (Å²) in [7, 11) is 1.28. The molecule has 0 spiro atoms. The Hall–Kier alpha value is -3.68. The molecule has 0 fully saturated rings. The number of esters is 2. The summed E-state index contributed by atoms with van der Waals surface area (Å²) in [5.74, 6) is -1.35. The number of fused-ring (bicyclic) bond motifs is 3. The molecule has 31 heavy (non-hydrogen) atoms. The Morgan fingerprint density at radius 3 is 2.58 bits per heavy atom. The van der Waals surface area contributed by atoms with Gasteiger partial charge in [0, 0.05) is 13.0 Å². The van der Waals surface area contributed by atoms with Crippen molar-refractivity contribution in [3.05, 3.63) is 65.7 Å². The fourth-order valence-electron chi connectivity index (χ4n) is 3.79. The lowest BCUT2D eigenvalue weighted by Crippen LogP contribution is -2.49. The summed E-state index contributed by atoms with van der Waals surface area (Å²) in [6.45, 7) is 2.03. The molecule has 2 heterocycles. The van der Waals surface area contributed by atoms with E-state index in [-0.39, 0.29) is 31.2 Å². The zero-order valence-electron chi connectivity index (χ0n) is 17.4. The van der Waals surface area contributed by atoms with Gasteiger partial charge in [0.15, 0.2) is 0 Å². The summed E-state index contributed by atoms with van der Waals surface area (Å²) in [4.78, 5) is 39.7. The van der Waals surface area contributed by atoms with Crippen LogP contribution in [0.1, 0.15) is 24.5 Å². The Morgan fingerprint density at radius 2 is 1.84 bits per heavy atom. The van der Waals surface area contributed by atoms with E-state index in [0.717, 1.165) is 16.8 Å². The van der Waals surface area contributed by atoms with Crippen LogP contribution >= 0.6 is 0 Å². The summed E-state index contributed by atoms with van der Waals surface area (Å²) >= 11 is 0. The number of ether oxygens (including phenoxy) is 2. The summed E-state index contributed by atoms with van der Waals surface area (Å²) in [5, 5.41) is 5.92. The molecular formula is C23H23N3O5. The number of methoxy groups -OCH3 is 1. The van der Waals surface area contributed by atoms with E-state index in [1.165, 1.54) is 12.0 Å². The molecule has 2 aromatic rings. The van der Waals surface area contributed by atoms with Crippen molar-refractivity contribution in [1.82, 2.24) is 4.90 Å². The number of anilines is 1. The standard InChI is InChI=1S/C23H23N3O5/c1-15(22(28)31-14-16-8-4-3-5-9-16)25-13-17-10-6-7-11-19(17)26-20(21(25)27)12-18(24-26)23(29)30-2/h3-11,15,20H,12-14H2,1-2H3/t15-,20+/m0/s1. The molecule has 8 heteroatoms. The second kappa shape index (κ2) is 8.59. The minimum Gasteiger partial charge on any atom is -0.464 e. The Morgan fingerprint density at radius 1 is 1.13 bits per heavy atom. The highest BCUT2D eigenvalue weighted by Gasteiger charge is 2.44. The molecule has 0 unspecified atom stereocenters. The zero-order chi connectivity index (χ0) is 22.0. The van der Waals surface area contributed by atoms with Gasteiger partial charge in [-0.2, -0.15) is 5.10 Å². The van der Waals surface area contributed by atoms with E-state index in [9.17, 15) is 14.4 Å². The average molecular weight is 421 g/mol. The molecule has 0 radical (unpaired) electrons. The molecule has 0 aromatic heterocycles. The van der Waals surface area contributed by atoms with Crippen LogP contribution in [0.25, 0.3) is 0 Å². The lowest BCUT2D eigenvalue weighted by Gasteiger charge is -2.29. The molecule has 2 atom stereocenters. The van der Waals surface area contributed by atoms with E-state index < -0.39 is 24.0 Å². The van der Waals surface area contributed by atoms with Crippen molar-refractivity contribution in [1.29, 1.82) is 0 Å². The van der Waals surface area contributed by atoms with Crippen LogP contribution in [0.3, 0.4) is 0 Å². The van der Waals surface area contributed by atoms with E-state index in [0.29, 0.717) is 0 Å². The molecule has 1 amide bonds. The predicted molar refractivity (Wildman–Crippen MR) is 113 cm³/mol. The third-order valence-electron chi connectivity index (χ3n) is 5.51. The first-order chi connectivity index (χ1) is 15.0. The van der Waals surface area contributed by atoms with E-state index in [4.69, 9.17) is 9.47 Å². The van der Waals surface area contributed by atoms with Gasteiger partial charge in [-0.15, -0.1) is 0 Å². The fraction of sp³-hybridized carbons (Fsp3) is 0.304. The number of hydrazone groups is 1. The highest BCUT2D eigenvalue weighted by Crippen LogP contribution is 2.34. The molecule has 2 aliphatic rings. The molecule has 2 aliphatic heterocycles. The molecule has 0 saturated heterocycles. The van der Waals surface area contributed by atoms with Crippen LogP contribution < -0.4 is 5.01 Å². The van der Waals surface area contributed by atoms with Crippen LogP contribution in [-0.4, -0.2) is 47.7 Å².